The second kappa shape index (κ2) is 14.4. The molecule has 1 aromatic carbocycles. The molecule has 0 saturated heterocycles. The third-order valence-corrected chi connectivity index (χ3v) is 10.2. The fourth-order valence-corrected chi connectivity index (χ4v) is 8.19. The number of thiazole rings is 1. The van der Waals surface area contributed by atoms with Gasteiger partial charge in [0.15, 0.2) is 14.6 Å². The molecular weight excluding hydrogens is 603 g/mol. The van der Waals surface area contributed by atoms with Gasteiger partial charge in [-0.15, -0.1) is 11.3 Å². The van der Waals surface area contributed by atoms with Gasteiger partial charge in [-0.05, 0) is 63.3 Å². The zero-order valence-electron chi connectivity index (χ0n) is 23.9. The van der Waals surface area contributed by atoms with E-state index in [9.17, 15) is 22.8 Å². The van der Waals surface area contributed by atoms with Gasteiger partial charge in [0.25, 0.3) is 5.91 Å². The quantitative estimate of drug-likeness (QED) is 0.234. The number of aromatic nitrogens is 1. The van der Waals surface area contributed by atoms with Crippen LogP contribution >= 0.6 is 22.7 Å². The minimum Gasteiger partial charge on any atom is -0.494 e. The van der Waals surface area contributed by atoms with Crippen LogP contribution in [0, 0.1) is 0 Å². The predicted octanol–water partition coefficient (Wildman–Crippen LogP) is 3.74. The van der Waals surface area contributed by atoms with Gasteiger partial charge in [0, 0.05) is 18.5 Å². The fourth-order valence-electron chi connectivity index (χ4n) is 4.78. The predicted molar refractivity (Wildman–Crippen MR) is 162 cm³/mol. The van der Waals surface area contributed by atoms with E-state index in [2.05, 4.69) is 10.3 Å². The Morgan fingerprint density at radius 1 is 1.05 bits per heavy atom. The second-order valence-corrected chi connectivity index (χ2v) is 13.8. The molecule has 0 unspecified atom stereocenters. The molecule has 228 valence electrons. The third-order valence-electron chi connectivity index (χ3n) is 6.55. The number of benzene rings is 1. The van der Waals surface area contributed by atoms with Gasteiger partial charge in [0.2, 0.25) is 5.91 Å². The Morgan fingerprint density at radius 2 is 1.83 bits per heavy atom. The van der Waals surface area contributed by atoms with Gasteiger partial charge in [-0.25, -0.2) is 13.2 Å². The molecule has 2 heterocycles. The van der Waals surface area contributed by atoms with E-state index < -0.39 is 39.1 Å². The van der Waals surface area contributed by atoms with Crippen LogP contribution in [-0.4, -0.2) is 69.2 Å². The number of nitrogens with one attached hydrogen (secondary N) is 1. The molecule has 1 N–H and O–H groups in total. The van der Waals surface area contributed by atoms with Gasteiger partial charge in [-0.1, -0.05) is 17.8 Å². The summed E-state index contributed by atoms with van der Waals surface area (Å²) >= 11 is 2.51. The fraction of sp³-hybridized carbons (Fsp3) is 0.500. The first kappa shape index (κ1) is 31.9. The topological polar surface area (TPSA) is 142 Å². The molecule has 2 amide bonds. The molecule has 0 saturated carbocycles. The van der Waals surface area contributed by atoms with Gasteiger partial charge >= 0.3 is 5.97 Å². The van der Waals surface area contributed by atoms with Crippen molar-refractivity contribution in [1.82, 2.24) is 4.57 Å². The largest absolute Gasteiger partial charge is 0.494 e. The minimum atomic E-state index is -4.16. The summed E-state index contributed by atoms with van der Waals surface area (Å²) in [5.41, 5.74) is 1.97. The highest BCUT2D eigenvalue weighted by molar-refractivity contribution is 7.92. The summed E-state index contributed by atoms with van der Waals surface area (Å²) in [6, 6.07) is 5.51. The first-order valence-corrected chi connectivity index (χ1v) is 17.3. The lowest BCUT2D eigenvalue weighted by atomic mass is 10.1. The number of fused-ring (bicyclic) bond motifs is 2. The van der Waals surface area contributed by atoms with Crippen LogP contribution in [0.15, 0.2) is 23.2 Å². The number of carbonyl (C=O) groups excluding carboxylic acids is 3. The van der Waals surface area contributed by atoms with Gasteiger partial charge in [-0.3, -0.25) is 9.59 Å². The zero-order valence-corrected chi connectivity index (χ0v) is 26.3. The maximum Gasteiger partial charge on any atom is 0.341 e. The number of nitrogens with zero attached hydrogens (tertiary/aromatic N) is 2. The van der Waals surface area contributed by atoms with Crippen molar-refractivity contribution < 1.29 is 37.0 Å². The van der Waals surface area contributed by atoms with E-state index in [0.717, 1.165) is 46.3 Å². The average molecular weight is 638 g/mol. The van der Waals surface area contributed by atoms with E-state index >= 15 is 0 Å². The summed E-state index contributed by atoms with van der Waals surface area (Å²) in [5, 5.41) is 2.89. The molecule has 42 heavy (non-hydrogen) atoms. The molecule has 11 nitrogen and oxygen atoms in total. The van der Waals surface area contributed by atoms with Crippen LogP contribution in [0.3, 0.4) is 0 Å². The number of ether oxygens (including phenoxy) is 3. The van der Waals surface area contributed by atoms with Crippen molar-refractivity contribution in [3.05, 3.63) is 39.0 Å². The minimum absolute atomic E-state index is 0.176. The first-order valence-electron chi connectivity index (χ1n) is 13.8. The van der Waals surface area contributed by atoms with Gasteiger partial charge in [0.05, 0.1) is 35.6 Å². The van der Waals surface area contributed by atoms with Crippen LogP contribution < -0.4 is 14.9 Å². The lowest BCUT2D eigenvalue weighted by Gasteiger charge is -2.08. The van der Waals surface area contributed by atoms with E-state index in [1.54, 1.807) is 18.6 Å². The Bertz CT molecular complexity index is 1640. The number of anilines is 1. The van der Waals surface area contributed by atoms with Crippen LogP contribution in [-0.2, 0) is 48.3 Å². The molecule has 4 rings (SSSR count). The summed E-state index contributed by atoms with van der Waals surface area (Å²) in [7, 11) is -2.60. The summed E-state index contributed by atoms with van der Waals surface area (Å²) in [6.45, 7) is 5.02. The van der Waals surface area contributed by atoms with Crippen LogP contribution in [0.5, 0.6) is 5.75 Å². The molecule has 0 radical (unpaired) electrons. The Kier molecular flexibility index (Phi) is 10.9. The number of sulfone groups is 1. The normalized spacial score (nSPS) is 13.9. The Labute approximate surface area is 252 Å². The van der Waals surface area contributed by atoms with Crippen molar-refractivity contribution in [1.29, 1.82) is 0 Å². The molecular formula is C28H35N3O8S3. The second-order valence-electron chi connectivity index (χ2n) is 9.67. The van der Waals surface area contributed by atoms with E-state index in [1.807, 2.05) is 25.1 Å². The molecule has 1 aliphatic carbocycles. The number of aryl methyl sites for hydroxylation is 1. The molecule has 0 atom stereocenters. The van der Waals surface area contributed by atoms with Gasteiger partial charge in [-0.2, -0.15) is 4.99 Å². The maximum atomic E-state index is 12.9. The van der Waals surface area contributed by atoms with Crippen molar-refractivity contribution in [2.24, 2.45) is 4.99 Å². The molecule has 0 fully saturated rings. The number of amides is 2. The smallest absolute Gasteiger partial charge is 0.341 e. The van der Waals surface area contributed by atoms with E-state index in [1.165, 1.54) is 22.7 Å². The van der Waals surface area contributed by atoms with Crippen LogP contribution in [0.2, 0.25) is 0 Å². The summed E-state index contributed by atoms with van der Waals surface area (Å²) in [6.07, 6.45) is 4.42. The summed E-state index contributed by atoms with van der Waals surface area (Å²) in [4.78, 5) is 43.8. The molecule has 0 bridgehead atoms. The van der Waals surface area contributed by atoms with Crippen molar-refractivity contribution in [3.63, 3.8) is 0 Å². The highest BCUT2D eigenvalue weighted by Crippen LogP contribution is 2.38. The van der Waals surface area contributed by atoms with Crippen molar-refractivity contribution in [2.45, 2.75) is 52.5 Å². The average Bonchev–Trinajstić information content (AvgIpc) is 3.33. The number of thiophene rings is 1. The number of carbonyl (C=O) groups is 3. The van der Waals surface area contributed by atoms with Gasteiger partial charge < -0.3 is 24.1 Å². The van der Waals surface area contributed by atoms with E-state index in [-0.39, 0.29) is 11.6 Å². The van der Waals surface area contributed by atoms with Crippen LogP contribution in [0.1, 0.15) is 53.9 Å². The number of rotatable bonds is 12. The van der Waals surface area contributed by atoms with Gasteiger partial charge in [0.1, 0.15) is 22.3 Å². The van der Waals surface area contributed by atoms with E-state index in [4.69, 9.17) is 14.2 Å². The first-order chi connectivity index (χ1) is 20.2. The molecule has 0 spiro atoms. The monoisotopic (exact) mass is 637 g/mol. The standard InChI is InChI=1S/C28H35N3O8S3/c1-4-38-18-11-12-20-22(15-18)41-28(31(20)13-14-37-3)30-24(33)17-42(35,36)16-23(32)29-26-25(27(34)39-5-2)19-9-7-6-8-10-21(19)40-26/h11-12,15H,4-10,13-14,16-17H2,1-3H3,(H,29,32). The van der Waals surface area contributed by atoms with E-state index in [0.29, 0.717) is 42.3 Å². The highest BCUT2D eigenvalue weighted by atomic mass is 32.2. The van der Waals surface area contributed by atoms with Crippen molar-refractivity contribution >= 4 is 65.5 Å². The number of esters is 1. The van der Waals surface area contributed by atoms with Crippen molar-refractivity contribution in [3.8, 4) is 5.75 Å². The lowest BCUT2D eigenvalue weighted by molar-refractivity contribution is -0.115. The Morgan fingerprint density at radius 3 is 2.57 bits per heavy atom. The molecule has 0 aliphatic heterocycles. The Balaban J connectivity index is 1.52. The SMILES string of the molecule is CCOC(=O)c1c(NC(=O)CS(=O)(=O)CC(=O)N=c2sc3cc(OCC)ccc3n2CCOC)sc2c1CCCCC2. The number of methoxy groups -OCH3 is 1. The van der Waals surface area contributed by atoms with Crippen molar-refractivity contribution in [2.75, 3.05) is 43.8 Å². The molecule has 14 heteroatoms. The summed E-state index contributed by atoms with van der Waals surface area (Å²) < 4.78 is 44.3. The van der Waals surface area contributed by atoms with Crippen LogP contribution in [0.25, 0.3) is 10.2 Å². The molecule has 3 aromatic rings. The molecule has 2 aromatic heterocycles. The third kappa shape index (κ3) is 7.85. The lowest BCUT2D eigenvalue weighted by Crippen LogP contribution is -2.28. The van der Waals surface area contributed by atoms with Crippen LogP contribution in [0.4, 0.5) is 5.00 Å². The zero-order chi connectivity index (χ0) is 30.3. The number of hydrogen-bond acceptors (Lipinski definition) is 10. The highest BCUT2D eigenvalue weighted by Gasteiger charge is 2.28. The Hall–Kier alpha value is -3.07. The number of hydrogen-bond donors (Lipinski definition) is 1. The summed E-state index contributed by atoms with van der Waals surface area (Å²) in [5.74, 6) is -3.44. The molecule has 1 aliphatic rings. The maximum absolute atomic E-state index is 12.9.